The third kappa shape index (κ3) is 7.49. The van der Waals surface area contributed by atoms with Gasteiger partial charge in [-0.15, -0.1) is 12.4 Å². The van der Waals surface area contributed by atoms with Crippen LogP contribution in [0.3, 0.4) is 0 Å². The summed E-state index contributed by atoms with van der Waals surface area (Å²) in [6, 6.07) is 20.0. The molecule has 3 aromatic rings. The number of aliphatic hydroxyl groups excluding tert-OH is 1. The van der Waals surface area contributed by atoms with Crippen molar-refractivity contribution < 1.29 is 24.1 Å². The Kier molecular flexibility index (Phi) is 10.2. The Labute approximate surface area is 200 Å². The van der Waals surface area contributed by atoms with E-state index in [1.165, 1.54) is 0 Å². The standard InChI is InChI=1S/C26H29NO5.ClH/c1-18-4-7-21(8-5-18)26(29)32-22-11-9-20(10-12-22)23(28)17-27-15-14-19-6-13-24(30-2)25(16-19)31-3;/h4-13,16,23,27-28H,14-15,17H2,1-3H3;1H. The smallest absolute Gasteiger partial charge is 0.343 e. The highest BCUT2D eigenvalue weighted by molar-refractivity contribution is 5.91. The van der Waals surface area contributed by atoms with E-state index < -0.39 is 12.1 Å². The number of esters is 1. The largest absolute Gasteiger partial charge is 0.493 e. The Hall–Kier alpha value is -3.06. The lowest BCUT2D eigenvalue weighted by Crippen LogP contribution is -2.23. The normalized spacial score (nSPS) is 11.3. The third-order valence-corrected chi connectivity index (χ3v) is 5.14. The van der Waals surface area contributed by atoms with E-state index in [-0.39, 0.29) is 12.4 Å². The summed E-state index contributed by atoms with van der Waals surface area (Å²) in [5.74, 6) is 1.43. The van der Waals surface area contributed by atoms with E-state index in [1.54, 1.807) is 50.6 Å². The zero-order valence-electron chi connectivity index (χ0n) is 19.0. The van der Waals surface area contributed by atoms with Crippen LogP contribution in [0.4, 0.5) is 0 Å². The molecule has 0 aromatic heterocycles. The lowest BCUT2D eigenvalue weighted by Gasteiger charge is -2.14. The van der Waals surface area contributed by atoms with Crippen molar-refractivity contribution in [3.8, 4) is 17.2 Å². The van der Waals surface area contributed by atoms with Gasteiger partial charge in [0.05, 0.1) is 25.9 Å². The van der Waals surface area contributed by atoms with Crippen molar-refractivity contribution in [2.75, 3.05) is 27.3 Å². The van der Waals surface area contributed by atoms with Gasteiger partial charge in [-0.2, -0.15) is 0 Å². The van der Waals surface area contributed by atoms with E-state index in [0.29, 0.717) is 35.9 Å². The van der Waals surface area contributed by atoms with Crippen LogP contribution in [0.1, 0.15) is 33.2 Å². The van der Waals surface area contributed by atoms with Gasteiger partial charge in [0.1, 0.15) is 5.75 Å². The van der Waals surface area contributed by atoms with Crippen LogP contribution in [-0.2, 0) is 6.42 Å². The van der Waals surface area contributed by atoms with Crippen LogP contribution in [0.25, 0.3) is 0 Å². The molecule has 3 rings (SSSR count). The number of nitrogens with one attached hydrogen (secondary N) is 1. The minimum absolute atomic E-state index is 0. The molecule has 2 N–H and O–H groups in total. The van der Waals surface area contributed by atoms with Crippen LogP contribution in [0.15, 0.2) is 66.7 Å². The van der Waals surface area contributed by atoms with E-state index in [2.05, 4.69) is 5.32 Å². The molecular formula is C26H30ClNO5. The summed E-state index contributed by atoms with van der Waals surface area (Å²) in [5, 5.41) is 13.7. The van der Waals surface area contributed by atoms with Gasteiger partial charge in [0.15, 0.2) is 11.5 Å². The predicted molar refractivity (Wildman–Crippen MR) is 131 cm³/mol. The molecule has 0 heterocycles. The molecule has 176 valence electrons. The van der Waals surface area contributed by atoms with Gasteiger partial charge in [0.25, 0.3) is 0 Å². The Balaban J connectivity index is 0.00000385. The van der Waals surface area contributed by atoms with E-state index in [1.807, 2.05) is 37.3 Å². The Morgan fingerprint density at radius 1 is 0.939 bits per heavy atom. The summed E-state index contributed by atoms with van der Waals surface area (Å²) in [6.07, 6.45) is 0.128. The van der Waals surface area contributed by atoms with Crippen LogP contribution in [0.2, 0.25) is 0 Å². The molecule has 0 amide bonds. The molecule has 0 aliphatic rings. The lowest BCUT2D eigenvalue weighted by atomic mass is 10.1. The van der Waals surface area contributed by atoms with Crippen LogP contribution in [0.5, 0.6) is 17.2 Å². The van der Waals surface area contributed by atoms with Gasteiger partial charge in [-0.1, -0.05) is 35.9 Å². The van der Waals surface area contributed by atoms with Gasteiger partial charge in [-0.25, -0.2) is 4.79 Å². The van der Waals surface area contributed by atoms with Crippen LogP contribution >= 0.6 is 12.4 Å². The van der Waals surface area contributed by atoms with E-state index in [0.717, 1.165) is 23.1 Å². The molecule has 3 aromatic carbocycles. The summed E-state index contributed by atoms with van der Waals surface area (Å²) >= 11 is 0. The second kappa shape index (κ2) is 12.8. The first-order valence-corrected chi connectivity index (χ1v) is 10.5. The molecule has 0 bridgehead atoms. The Bertz CT molecular complexity index is 1020. The molecule has 1 atom stereocenters. The molecule has 6 nitrogen and oxygen atoms in total. The van der Waals surface area contributed by atoms with Crippen molar-refractivity contribution in [1.82, 2.24) is 5.32 Å². The fourth-order valence-electron chi connectivity index (χ4n) is 3.24. The molecule has 0 radical (unpaired) electrons. The van der Waals surface area contributed by atoms with E-state index >= 15 is 0 Å². The monoisotopic (exact) mass is 471 g/mol. The summed E-state index contributed by atoms with van der Waals surface area (Å²) < 4.78 is 16.0. The molecule has 0 aliphatic carbocycles. The van der Waals surface area contributed by atoms with Crippen LogP contribution < -0.4 is 19.5 Å². The SMILES string of the molecule is COc1ccc(CCNCC(O)c2ccc(OC(=O)c3ccc(C)cc3)cc2)cc1OC.Cl. The van der Waals surface area contributed by atoms with Gasteiger partial charge < -0.3 is 24.6 Å². The Morgan fingerprint density at radius 2 is 1.61 bits per heavy atom. The number of hydrogen-bond donors (Lipinski definition) is 2. The zero-order chi connectivity index (χ0) is 22.9. The average Bonchev–Trinajstić information content (AvgIpc) is 2.82. The number of ether oxygens (including phenoxy) is 3. The molecule has 0 spiro atoms. The maximum Gasteiger partial charge on any atom is 0.343 e. The van der Waals surface area contributed by atoms with Crippen molar-refractivity contribution in [2.24, 2.45) is 0 Å². The molecule has 7 heteroatoms. The summed E-state index contributed by atoms with van der Waals surface area (Å²) in [4.78, 5) is 12.2. The molecular weight excluding hydrogens is 442 g/mol. The number of carbonyl (C=O) groups is 1. The fraction of sp³-hybridized carbons (Fsp3) is 0.269. The molecule has 1 unspecified atom stereocenters. The highest BCUT2D eigenvalue weighted by atomic mass is 35.5. The van der Waals surface area contributed by atoms with Gasteiger partial charge >= 0.3 is 5.97 Å². The number of aryl methyl sites for hydroxylation is 1. The maximum absolute atomic E-state index is 12.2. The van der Waals surface area contributed by atoms with Gasteiger partial charge in [-0.3, -0.25) is 0 Å². The van der Waals surface area contributed by atoms with Gasteiger partial charge in [-0.05, 0) is 67.4 Å². The number of carbonyl (C=O) groups excluding carboxylic acids is 1. The van der Waals surface area contributed by atoms with Gasteiger partial charge in [0.2, 0.25) is 0 Å². The number of benzene rings is 3. The second-order valence-corrected chi connectivity index (χ2v) is 7.48. The van der Waals surface area contributed by atoms with Crippen molar-refractivity contribution >= 4 is 18.4 Å². The van der Waals surface area contributed by atoms with E-state index in [9.17, 15) is 9.90 Å². The van der Waals surface area contributed by atoms with Crippen molar-refractivity contribution in [3.05, 3.63) is 89.0 Å². The van der Waals surface area contributed by atoms with Gasteiger partial charge in [0, 0.05) is 6.54 Å². The van der Waals surface area contributed by atoms with Crippen molar-refractivity contribution in [3.63, 3.8) is 0 Å². The van der Waals surface area contributed by atoms with Crippen molar-refractivity contribution in [1.29, 1.82) is 0 Å². The number of hydrogen-bond acceptors (Lipinski definition) is 6. The second-order valence-electron chi connectivity index (χ2n) is 7.48. The zero-order valence-corrected chi connectivity index (χ0v) is 19.9. The first-order valence-electron chi connectivity index (χ1n) is 10.5. The van der Waals surface area contributed by atoms with E-state index in [4.69, 9.17) is 14.2 Å². The maximum atomic E-state index is 12.2. The highest BCUT2D eigenvalue weighted by Gasteiger charge is 2.11. The Morgan fingerprint density at radius 3 is 2.24 bits per heavy atom. The highest BCUT2D eigenvalue weighted by Crippen LogP contribution is 2.27. The topological polar surface area (TPSA) is 77.0 Å². The fourth-order valence-corrected chi connectivity index (χ4v) is 3.24. The third-order valence-electron chi connectivity index (χ3n) is 5.14. The number of methoxy groups -OCH3 is 2. The number of aliphatic hydroxyl groups is 1. The summed E-state index contributed by atoms with van der Waals surface area (Å²) in [7, 11) is 3.23. The molecule has 33 heavy (non-hydrogen) atoms. The molecule has 0 fully saturated rings. The minimum atomic E-state index is -0.665. The average molecular weight is 472 g/mol. The quantitative estimate of drug-likeness (QED) is 0.257. The molecule has 0 saturated carbocycles. The van der Waals surface area contributed by atoms with Crippen molar-refractivity contribution in [2.45, 2.75) is 19.4 Å². The predicted octanol–water partition coefficient (Wildman–Crippen LogP) is 4.52. The summed E-state index contributed by atoms with van der Waals surface area (Å²) in [5.41, 5.74) is 3.44. The number of halogens is 1. The first-order chi connectivity index (χ1) is 15.5. The minimum Gasteiger partial charge on any atom is -0.493 e. The van der Waals surface area contributed by atoms with Crippen LogP contribution in [0, 0.1) is 6.92 Å². The number of rotatable bonds is 10. The molecule has 0 saturated heterocycles. The first kappa shape index (κ1) is 26.2. The lowest BCUT2D eigenvalue weighted by molar-refractivity contribution is 0.0734. The summed E-state index contributed by atoms with van der Waals surface area (Å²) in [6.45, 7) is 3.08. The molecule has 0 aliphatic heterocycles. The van der Waals surface area contributed by atoms with Crippen LogP contribution in [-0.4, -0.2) is 38.4 Å².